The van der Waals surface area contributed by atoms with E-state index in [1.165, 1.54) is 16.7 Å². The topological polar surface area (TPSA) is 46.3 Å². The van der Waals surface area contributed by atoms with E-state index in [2.05, 4.69) is 39.0 Å². The fourth-order valence-electron chi connectivity index (χ4n) is 2.82. The van der Waals surface area contributed by atoms with E-state index in [0.717, 1.165) is 19.5 Å². The fourth-order valence-corrected chi connectivity index (χ4v) is 2.82. The third-order valence-electron chi connectivity index (χ3n) is 4.34. The largest absolute Gasteiger partial charge is 0.338 e. The molecule has 2 rings (SSSR count). The van der Waals surface area contributed by atoms with Crippen molar-refractivity contribution in [2.45, 2.75) is 53.6 Å². The van der Waals surface area contributed by atoms with Gasteiger partial charge in [0, 0.05) is 25.0 Å². The molecule has 1 atom stereocenters. The molecular formula is C18H28N2O. The Balaban J connectivity index is 2.24. The summed E-state index contributed by atoms with van der Waals surface area (Å²) in [5, 5.41) is 0. The van der Waals surface area contributed by atoms with Crippen LogP contribution >= 0.6 is 0 Å². The zero-order valence-electron chi connectivity index (χ0n) is 13.9. The van der Waals surface area contributed by atoms with Gasteiger partial charge in [0.15, 0.2) is 0 Å². The molecule has 0 saturated carbocycles. The van der Waals surface area contributed by atoms with Gasteiger partial charge >= 0.3 is 0 Å². The van der Waals surface area contributed by atoms with E-state index in [1.807, 2.05) is 18.7 Å². The van der Waals surface area contributed by atoms with Crippen LogP contribution < -0.4 is 5.73 Å². The van der Waals surface area contributed by atoms with Gasteiger partial charge in [-0.2, -0.15) is 0 Å². The molecule has 3 nitrogen and oxygen atoms in total. The quantitative estimate of drug-likeness (QED) is 0.908. The van der Waals surface area contributed by atoms with Gasteiger partial charge in [-0.1, -0.05) is 52.8 Å². The minimum absolute atomic E-state index is 0.0129. The first-order chi connectivity index (χ1) is 9.70. The fraction of sp³-hybridized carbons (Fsp3) is 0.611. The average Bonchev–Trinajstić information content (AvgIpc) is 2.43. The molecule has 0 bridgehead atoms. The molecule has 1 amide bonds. The van der Waals surface area contributed by atoms with Crippen LogP contribution in [0, 0.1) is 11.3 Å². The molecule has 0 fully saturated rings. The van der Waals surface area contributed by atoms with Gasteiger partial charge in [0.2, 0.25) is 5.91 Å². The second-order valence-electron chi connectivity index (χ2n) is 7.54. The Kier molecular flexibility index (Phi) is 4.43. The summed E-state index contributed by atoms with van der Waals surface area (Å²) in [4.78, 5) is 14.2. The Morgan fingerprint density at radius 1 is 1.24 bits per heavy atom. The molecule has 3 heteroatoms. The zero-order valence-corrected chi connectivity index (χ0v) is 13.9. The van der Waals surface area contributed by atoms with Crippen LogP contribution in [0.25, 0.3) is 0 Å². The predicted molar refractivity (Wildman–Crippen MR) is 86.8 cm³/mol. The number of carbonyl (C=O) groups is 1. The van der Waals surface area contributed by atoms with E-state index >= 15 is 0 Å². The van der Waals surface area contributed by atoms with Crippen LogP contribution in [0.3, 0.4) is 0 Å². The number of rotatable bonds is 2. The Hall–Kier alpha value is -1.35. The molecule has 21 heavy (non-hydrogen) atoms. The summed E-state index contributed by atoms with van der Waals surface area (Å²) in [5.74, 6) is 0.303. The molecule has 1 aliphatic rings. The normalized spacial score (nSPS) is 16.8. The lowest BCUT2D eigenvalue weighted by molar-refractivity contribution is -0.135. The highest BCUT2D eigenvalue weighted by Crippen LogP contribution is 2.32. The van der Waals surface area contributed by atoms with Crippen molar-refractivity contribution in [1.82, 2.24) is 4.90 Å². The van der Waals surface area contributed by atoms with E-state index in [1.54, 1.807) is 0 Å². The van der Waals surface area contributed by atoms with Crippen molar-refractivity contribution in [3.63, 3.8) is 0 Å². The third kappa shape index (κ3) is 3.46. The SMILES string of the molecule is CC(C)C(=O)N1CCc2ccc(C(N)C(C)(C)C)cc2C1. The second kappa shape index (κ2) is 5.80. The van der Waals surface area contributed by atoms with Crippen LogP contribution in [-0.4, -0.2) is 17.4 Å². The summed E-state index contributed by atoms with van der Waals surface area (Å²) in [6.07, 6.45) is 0.943. The highest BCUT2D eigenvalue weighted by molar-refractivity contribution is 5.78. The molecule has 0 spiro atoms. The van der Waals surface area contributed by atoms with Crippen LogP contribution in [0.15, 0.2) is 18.2 Å². The Bertz CT molecular complexity index is 529. The van der Waals surface area contributed by atoms with E-state index in [9.17, 15) is 4.79 Å². The van der Waals surface area contributed by atoms with Crippen molar-refractivity contribution in [3.8, 4) is 0 Å². The lowest BCUT2D eigenvalue weighted by atomic mass is 9.82. The van der Waals surface area contributed by atoms with Crippen molar-refractivity contribution in [2.75, 3.05) is 6.54 Å². The van der Waals surface area contributed by atoms with Crippen LogP contribution in [-0.2, 0) is 17.8 Å². The van der Waals surface area contributed by atoms with Crippen LogP contribution in [0.2, 0.25) is 0 Å². The van der Waals surface area contributed by atoms with E-state index in [0.29, 0.717) is 0 Å². The standard InChI is InChI=1S/C18H28N2O/c1-12(2)17(21)20-9-8-13-6-7-14(10-15(13)11-20)16(19)18(3,4)5/h6-7,10,12,16H,8-9,11,19H2,1-5H3. The van der Waals surface area contributed by atoms with Gasteiger partial charge in [0.1, 0.15) is 0 Å². The first-order valence-electron chi connectivity index (χ1n) is 7.86. The maximum atomic E-state index is 12.2. The second-order valence-corrected chi connectivity index (χ2v) is 7.54. The minimum Gasteiger partial charge on any atom is -0.338 e. The molecule has 1 aromatic rings. The minimum atomic E-state index is 0.0129. The van der Waals surface area contributed by atoms with Gasteiger partial charge in [-0.3, -0.25) is 4.79 Å². The predicted octanol–water partition coefficient (Wildman–Crippen LogP) is 3.27. The number of nitrogens with zero attached hydrogens (tertiary/aromatic N) is 1. The Morgan fingerprint density at radius 2 is 1.90 bits per heavy atom. The molecule has 116 valence electrons. The summed E-state index contributed by atoms with van der Waals surface area (Å²) in [6, 6.07) is 6.55. The van der Waals surface area contributed by atoms with Gasteiger partial charge in [-0.15, -0.1) is 0 Å². The number of amides is 1. The molecule has 0 aromatic heterocycles. The Labute approximate surface area is 128 Å². The van der Waals surface area contributed by atoms with Gasteiger partial charge in [-0.25, -0.2) is 0 Å². The molecule has 1 heterocycles. The molecular weight excluding hydrogens is 260 g/mol. The lowest BCUT2D eigenvalue weighted by Crippen LogP contribution is -2.38. The summed E-state index contributed by atoms with van der Waals surface area (Å²) >= 11 is 0. The molecule has 1 aromatic carbocycles. The average molecular weight is 288 g/mol. The zero-order chi connectivity index (χ0) is 15.8. The van der Waals surface area contributed by atoms with Gasteiger partial charge in [0.25, 0.3) is 0 Å². The number of fused-ring (bicyclic) bond motifs is 1. The number of carbonyl (C=O) groups excluding carboxylic acids is 1. The molecule has 0 aliphatic carbocycles. The summed E-state index contributed by atoms with van der Waals surface area (Å²) in [6.45, 7) is 11.9. The van der Waals surface area contributed by atoms with Gasteiger partial charge in [0.05, 0.1) is 0 Å². The third-order valence-corrected chi connectivity index (χ3v) is 4.34. The highest BCUT2D eigenvalue weighted by Gasteiger charge is 2.26. The van der Waals surface area contributed by atoms with Crippen molar-refractivity contribution in [1.29, 1.82) is 0 Å². The maximum Gasteiger partial charge on any atom is 0.225 e. The van der Waals surface area contributed by atoms with E-state index in [4.69, 9.17) is 5.73 Å². The van der Waals surface area contributed by atoms with Crippen molar-refractivity contribution < 1.29 is 4.79 Å². The summed E-state index contributed by atoms with van der Waals surface area (Å²) < 4.78 is 0. The van der Waals surface area contributed by atoms with E-state index < -0.39 is 0 Å². The van der Waals surface area contributed by atoms with Crippen molar-refractivity contribution in [3.05, 3.63) is 34.9 Å². The van der Waals surface area contributed by atoms with Crippen molar-refractivity contribution in [2.24, 2.45) is 17.1 Å². The molecule has 0 saturated heterocycles. The number of hydrogen-bond donors (Lipinski definition) is 1. The van der Waals surface area contributed by atoms with Crippen LogP contribution in [0.5, 0.6) is 0 Å². The first-order valence-corrected chi connectivity index (χ1v) is 7.86. The smallest absolute Gasteiger partial charge is 0.225 e. The first kappa shape index (κ1) is 16.0. The van der Waals surface area contributed by atoms with Crippen LogP contribution in [0.4, 0.5) is 0 Å². The van der Waals surface area contributed by atoms with Gasteiger partial charge < -0.3 is 10.6 Å². The molecule has 2 N–H and O–H groups in total. The van der Waals surface area contributed by atoms with Crippen molar-refractivity contribution >= 4 is 5.91 Å². The van der Waals surface area contributed by atoms with Gasteiger partial charge in [-0.05, 0) is 28.5 Å². The number of nitrogens with two attached hydrogens (primary N) is 1. The molecule has 1 unspecified atom stereocenters. The Morgan fingerprint density at radius 3 is 2.48 bits per heavy atom. The van der Waals surface area contributed by atoms with E-state index in [-0.39, 0.29) is 23.3 Å². The summed E-state index contributed by atoms with van der Waals surface area (Å²) in [7, 11) is 0. The number of hydrogen-bond acceptors (Lipinski definition) is 2. The highest BCUT2D eigenvalue weighted by atomic mass is 16.2. The monoisotopic (exact) mass is 288 g/mol. The van der Waals surface area contributed by atoms with Crippen LogP contribution in [0.1, 0.15) is 57.4 Å². The lowest BCUT2D eigenvalue weighted by Gasteiger charge is -2.32. The molecule has 0 radical (unpaired) electrons. The number of benzene rings is 1. The molecule has 1 aliphatic heterocycles. The maximum absolute atomic E-state index is 12.2. The summed E-state index contributed by atoms with van der Waals surface area (Å²) in [5.41, 5.74) is 10.2.